The Morgan fingerprint density at radius 2 is 1.69 bits per heavy atom. The van der Waals surface area contributed by atoms with Gasteiger partial charge >= 0.3 is 12.1 Å². The van der Waals surface area contributed by atoms with Gasteiger partial charge < -0.3 is 20.1 Å². The number of hydrogen-bond donors (Lipinski definition) is 2. The highest BCUT2D eigenvalue weighted by atomic mass is 19.3. The molecule has 2 aliphatic rings. The van der Waals surface area contributed by atoms with Crippen molar-refractivity contribution in [2.45, 2.75) is 50.6 Å². The summed E-state index contributed by atoms with van der Waals surface area (Å²) in [5.41, 5.74) is 4.19. The number of aliphatic carboxylic acids is 1. The van der Waals surface area contributed by atoms with Crippen LogP contribution in [0.25, 0.3) is 11.1 Å². The second kappa shape index (κ2) is 9.64. The van der Waals surface area contributed by atoms with Crippen molar-refractivity contribution in [3.8, 4) is 11.1 Å². The molecule has 3 atom stereocenters. The summed E-state index contributed by atoms with van der Waals surface area (Å²) in [6, 6.07) is 12.9. The van der Waals surface area contributed by atoms with E-state index in [0.29, 0.717) is 11.3 Å². The molecule has 9 heteroatoms. The van der Waals surface area contributed by atoms with Crippen LogP contribution in [0, 0.1) is 5.92 Å². The summed E-state index contributed by atoms with van der Waals surface area (Å²) in [6.07, 6.45) is -1.35. The first kappa shape index (κ1) is 24.6. The Morgan fingerprint density at radius 3 is 2.23 bits per heavy atom. The van der Waals surface area contributed by atoms with Crippen molar-refractivity contribution in [3.63, 3.8) is 0 Å². The Balaban J connectivity index is 1.47. The van der Waals surface area contributed by atoms with Gasteiger partial charge in [-0.05, 0) is 28.2 Å². The third kappa shape index (κ3) is 4.85. The van der Waals surface area contributed by atoms with Crippen LogP contribution in [0.15, 0.2) is 48.5 Å². The fraction of sp³-hybridized carbons (Fsp3) is 0.423. The van der Waals surface area contributed by atoms with Crippen molar-refractivity contribution in [1.82, 2.24) is 10.2 Å². The largest absolute Gasteiger partial charge is 0.480 e. The number of hydrogen-bond acceptors (Lipinski definition) is 4. The molecule has 0 aromatic heterocycles. The van der Waals surface area contributed by atoms with Gasteiger partial charge in [-0.15, -0.1) is 0 Å². The molecule has 0 unspecified atom stereocenters. The molecule has 2 amide bonds. The maximum atomic E-state index is 13.9. The zero-order valence-corrected chi connectivity index (χ0v) is 19.5. The predicted molar refractivity (Wildman–Crippen MR) is 124 cm³/mol. The summed E-state index contributed by atoms with van der Waals surface area (Å²) in [6.45, 7) is 2.51. The van der Waals surface area contributed by atoms with Crippen molar-refractivity contribution in [3.05, 3.63) is 59.7 Å². The number of halogens is 2. The normalized spacial score (nSPS) is 20.0. The van der Waals surface area contributed by atoms with Gasteiger partial charge in [-0.3, -0.25) is 4.79 Å². The van der Waals surface area contributed by atoms with Gasteiger partial charge in [0, 0.05) is 12.3 Å². The smallest absolute Gasteiger partial charge is 0.407 e. The van der Waals surface area contributed by atoms with Gasteiger partial charge in [-0.1, -0.05) is 68.8 Å². The molecular formula is C26H28F2N2O5. The van der Waals surface area contributed by atoms with Gasteiger partial charge in [0.1, 0.15) is 18.7 Å². The monoisotopic (exact) mass is 486 g/mol. The number of alkyl carbamates (subject to hydrolysis) is 1. The van der Waals surface area contributed by atoms with Crippen molar-refractivity contribution in [1.29, 1.82) is 0 Å². The molecule has 2 aromatic carbocycles. The van der Waals surface area contributed by atoms with E-state index in [1.807, 2.05) is 48.5 Å². The minimum absolute atomic E-state index is 0.0286. The van der Waals surface area contributed by atoms with Crippen LogP contribution < -0.4 is 5.32 Å². The maximum absolute atomic E-state index is 13.9. The molecule has 1 heterocycles. The summed E-state index contributed by atoms with van der Waals surface area (Å²) in [5.74, 6) is -6.26. The van der Waals surface area contributed by atoms with Crippen LogP contribution in [-0.2, 0) is 14.3 Å². The lowest BCUT2D eigenvalue weighted by Gasteiger charge is -2.30. The minimum atomic E-state index is -3.30. The Labute approximate surface area is 202 Å². The molecule has 1 aliphatic carbocycles. The average molecular weight is 487 g/mol. The van der Waals surface area contributed by atoms with Crippen LogP contribution in [0.3, 0.4) is 0 Å². The first-order valence-corrected chi connectivity index (χ1v) is 11.7. The lowest BCUT2D eigenvalue weighted by atomic mass is 9.97. The number of fused-ring (bicyclic) bond motifs is 3. The van der Waals surface area contributed by atoms with E-state index in [2.05, 4.69) is 5.32 Å². The molecule has 2 N–H and O–H groups in total. The Hall–Kier alpha value is -3.49. The first-order valence-electron chi connectivity index (χ1n) is 11.7. The minimum Gasteiger partial charge on any atom is -0.480 e. The van der Waals surface area contributed by atoms with Crippen LogP contribution in [0.1, 0.15) is 43.7 Å². The van der Waals surface area contributed by atoms with Gasteiger partial charge in [-0.2, -0.15) is 0 Å². The fourth-order valence-electron chi connectivity index (χ4n) is 4.90. The highest BCUT2D eigenvalue weighted by Crippen LogP contribution is 2.44. The topological polar surface area (TPSA) is 95.9 Å². The molecule has 35 heavy (non-hydrogen) atoms. The fourth-order valence-corrected chi connectivity index (χ4v) is 4.90. The van der Waals surface area contributed by atoms with Crippen LogP contribution in [0.4, 0.5) is 13.6 Å². The van der Waals surface area contributed by atoms with Crippen LogP contribution >= 0.6 is 0 Å². The highest BCUT2D eigenvalue weighted by Gasteiger charge is 2.51. The number of carbonyl (C=O) groups is 3. The third-order valence-corrected chi connectivity index (χ3v) is 6.93. The van der Waals surface area contributed by atoms with E-state index in [9.17, 15) is 28.3 Å². The second-order valence-corrected chi connectivity index (χ2v) is 9.21. The van der Waals surface area contributed by atoms with E-state index in [0.717, 1.165) is 22.3 Å². The van der Waals surface area contributed by atoms with E-state index < -0.39 is 54.9 Å². The second-order valence-electron chi connectivity index (χ2n) is 9.21. The summed E-state index contributed by atoms with van der Waals surface area (Å²) < 4.78 is 33.4. The quantitative estimate of drug-likeness (QED) is 0.610. The molecular weight excluding hydrogens is 458 g/mol. The standard InChI is InChI=1S/C26H28F2N2O5/c1-3-15(2)22(23(31)30-14-26(27,28)12-21(30)24(32)33)29-25(34)35-13-20-18-10-6-4-8-16(18)17-9-5-7-11-19(17)20/h4-11,15,20-22H,3,12-14H2,1-2H3,(H,29,34)(H,32,33)/t15-,21+,22-/m0/s1. The van der Waals surface area contributed by atoms with E-state index in [1.165, 1.54) is 0 Å². The lowest BCUT2D eigenvalue weighted by Crippen LogP contribution is -2.54. The average Bonchev–Trinajstić information content (AvgIpc) is 3.34. The molecule has 186 valence electrons. The Morgan fingerprint density at radius 1 is 1.11 bits per heavy atom. The van der Waals surface area contributed by atoms with Crippen LogP contribution in [-0.4, -0.2) is 59.1 Å². The van der Waals surface area contributed by atoms with Crippen molar-refractivity contribution >= 4 is 18.0 Å². The zero-order chi connectivity index (χ0) is 25.3. The highest BCUT2D eigenvalue weighted by molar-refractivity contribution is 5.90. The van der Waals surface area contributed by atoms with Gasteiger partial charge in [0.2, 0.25) is 5.91 Å². The molecule has 4 rings (SSSR count). The zero-order valence-electron chi connectivity index (χ0n) is 19.5. The molecule has 0 radical (unpaired) electrons. The molecule has 1 saturated heterocycles. The summed E-state index contributed by atoms with van der Waals surface area (Å²) >= 11 is 0. The van der Waals surface area contributed by atoms with Gasteiger partial charge in [0.25, 0.3) is 5.92 Å². The number of carboxylic acids is 1. The Kier molecular flexibility index (Phi) is 6.78. The molecule has 1 fully saturated rings. The number of carboxylic acid groups (broad SMARTS) is 1. The number of nitrogens with one attached hydrogen (secondary N) is 1. The molecule has 0 spiro atoms. The molecule has 0 saturated carbocycles. The van der Waals surface area contributed by atoms with E-state index >= 15 is 0 Å². The third-order valence-electron chi connectivity index (χ3n) is 6.93. The number of ether oxygens (including phenoxy) is 1. The number of likely N-dealkylation sites (tertiary alicyclic amines) is 1. The summed E-state index contributed by atoms with van der Waals surface area (Å²) in [5, 5.41) is 11.9. The lowest BCUT2D eigenvalue weighted by molar-refractivity contribution is -0.149. The molecule has 0 bridgehead atoms. The maximum Gasteiger partial charge on any atom is 0.407 e. The van der Waals surface area contributed by atoms with Crippen molar-refractivity contribution in [2.75, 3.05) is 13.2 Å². The molecule has 7 nitrogen and oxygen atoms in total. The van der Waals surface area contributed by atoms with E-state index in [1.54, 1.807) is 13.8 Å². The number of alkyl halides is 2. The SMILES string of the molecule is CC[C@H](C)[C@H](NC(=O)OCC1c2ccccc2-c2ccccc21)C(=O)N1CC(F)(F)C[C@@H]1C(=O)O. The number of amides is 2. The summed E-state index contributed by atoms with van der Waals surface area (Å²) in [4.78, 5) is 38.0. The van der Waals surface area contributed by atoms with Crippen LogP contribution in [0.2, 0.25) is 0 Å². The molecule has 2 aromatic rings. The van der Waals surface area contributed by atoms with Crippen LogP contribution in [0.5, 0.6) is 0 Å². The number of nitrogens with zero attached hydrogens (tertiary/aromatic N) is 1. The van der Waals surface area contributed by atoms with Crippen molar-refractivity contribution < 1.29 is 33.0 Å². The predicted octanol–water partition coefficient (Wildman–Crippen LogP) is 4.26. The number of carbonyl (C=O) groups excluding carboxylic acids is 2. The molecule has 1 aliphatic heterocycles. The number of benzene rings is 2. The first-order chi connectivity index (χ1) is 16.6. The Bertz CT molecular complexity index is 1090. The van der Waals surface area contributed by atoms with Crippen molar-refractivity contribution in [2.24, 2.45) is 5.92 Å². The van der Waals surface area contributed by atoms with Gasteiger partial charge in [0.15, 0.2) is 0 Å². The van der Waals surface area contributed by atoms with E-state index in [4.69, 9.17) is 4.74 Å². The van der Waals surface area contributed by atoms with E-state index in [-0.39, 0.29) is 12.5 Å². The number of rotatable bonds is 7. The van der Waals surface area contributed by atoms with Gasteiger partial charge in [-0.25, -0.2) is 18.4 Å². The van der Waals surface area contributed by atoms with Gasteiger partial charge in [0.05, 0.1) is 6.54 Å². The summed E-state index contributed by atoms with van der Waals surface area (Å²) in [7, 11) is 0.